The number of nitrogens with one attached hydrogen (secondary N) is 2. The molecule has 2 heterocycles. The van der Waals surface area contributed by atoms with Crippen molar-refractivity contribution in [2.24, 2.45) is 10.9 Å². The number of fused-ring (bicyclic) bond motifs is 3. The number of amides is 1. The summed E-state index contributed by atoms with van der Waals surface area (Å²) in [6, 6.07) is 16.1. The lowest BCUT2D eigenvalue weighted by Gasteiger charge is -2.37. The number of benzene rings is 2. The summed E-state index contributed by atoms with van der Waals surface area (Å²) in [6.07, 6.45) is 2.43. The number of aliphatic imine (C=N–C) groups is 1. The maximum Gasteiger partial charge on any atom is 0.303 e. The van der Waals surface area contributed by atoms with Gasteiger partial charge in [0.2, 0.25) is 5.91 Å². The number of rotatable bonds is 5. The number of guanidine groups is 1. The molecule has 3 atom stereocenters. The molecule has 33 heavy (non-hydrogen) atoms. The van der Waals surface area contributed by atoms with Crippen molar-refractivity contribution in [1.29, 1.82) is 0 Å². The molecule has 1 amide bonds. The van der Waals surface area contributed by atoms with Crippen molar-refractivity contribution in [1.82, 2.24) is 10.2 Å². The highest BCUT2D eigenvalue weighted by molar-refractivity contribution is 5.94. The summed E-state index contributed by atoms with van der Waals surface area (Å²) in [4.78, 5) is 31.0. The summed E-state index contributed by atoms with van der Waals surface area (Å²) >= 11 is 0. The first-order chi connectivity index (χ1) is 16.1. The molecule has 3 N–H and O–H groups in total. The highest BCUT2D eigenvalue weighted by Crippen LogP contribution is 2.51. The van der Waals surface area contributed by atoms with Gasteiger partial charge in [0.25, 0.3) is 0 Å². The van der Waals surface area contributed by atoms with Gasteiger partial charge in [-0.05, 0) is 53.5 Å². The Morgan fingerprint density at radius 3 is 2.64 bits per heavy atom. The summed E-state index contributed by atoms with van der Waals surface area (Å²) < 4.78 is 0. The summed E-state index contributed by atoms with van der Waals surface area (Å²) in [5, 5.41) is 15.9. The molecule has 0 bridgehead atoms. The minimum Gasteiger partial charge on any atom is -0.481 e. The average Bonchev–Trinajstić information content (AvgIpc) is 3.13. The number of carboxylic acids is 1. The number of carbonyl (C=O) groups excluding carboxylic acids is 1. The smallest absolute Gasteiger partial charge is 0.303 e. The molecule has 0 radical (unpaired) electrons. The molecule has 1 fully saturated rings. The molecule has 5 rings (SSSR count). The van der Waals surface area contributed by atoms with E-state index in [4.69, 9.17) is 0 Å². The van der Waals surface area contributed by atoms with E-state index in [1.807, 2.05) is 41.3 Å². The molecule has 7 nitrogen and oxygen atoms in total. The molecule has 0 saturated carbocycles. The van der Waals surface area contributed by atoms with E-state index in [1.165, 1.54) is 5.56 Å². The number of aliphatic carboxylic acids is 1. The van der Waals surface area contributed by atoms with Crippen molar-refractivity contribution < 1.29 is 14.7 Å². The lowest BCUT2D eigenvalue weighted by Crippen LogP contribution is -2.43. The van der Waals surface area contributed by atoms with Gasteiger partial charge >= 0.3 is 5.97 Å². The fourth-order valence-corrected chi connectivity index (χ4v) is 5.62. The Kier molecular flexibility index (Phi) is 6.03. The zero-order valence-electron chi connectivity index (χ0n) is 18.7. The van der Waals surface area contributed by atoms with Crippen molar-refractivity contribution in [3.8, 4) is 0 Å². The molecule has 1 saturated heterocycles. The largest absolute Gasteiger partial charge is 0.481 e. The summed E-state index contributed by atoms with van der Waals surface area (Å²) in [7, 11) is 0. The first-order valence-corrected chi connectivity index (χ1v) is 11.8. The molecule has 172 valence electrons. The van der Waals surface area contributed by atoms with E-state index in [2.05, 4.69) is 27.8 Å². The van der Waals surface area contributed by atoms with Crippen LogP contribution in [0.2, 0.25) is 0 Å². The number of hydrogen-bond acceptors (Lipinski definition) is 5. The van der Waals surface area contributed by atoms with Crippen LogP contribution in [-0.2, 0) is 16.0 Å². The van der Waals surface area contributed by atoms with Gasteiger partial charge in [-0.15, -0.1) is 0 Å². The summed E-state index contributed by atoms with van der Waals surface area (Å²) in [5.41, 5.74) is 4.32. The van der Waals surface area contributed by atoms with Crippen LogP contribution in [0.3, 0.4) is 0 Å². The van der Waals surface area contributed by atoms with Gasteiger partial charge in [0.1, 0.15) is 0 Å². The second-order valence-corrected chi connectivity index (χ2v) is 9.24. The summed E-state index contributed by atoms with van der Waals surface area (Å²) in [6.45, 7) is 3.12. The van der Waals surface area contributed by atoms with E-state index in [1.54, 1.807) is 0 Å². The second kappa shape index (κ2) is 9.25. The molecule has 0 aromatic heterocycles. The molecule has 2 aliphatic heterocycles. The third-order valence-electron chi connectivity index (χ3n) is 7.19. The van der Waals surface area contributed by atoms with Crippen molar-refractivity contribution in [2.45, 2.75) is 37.5 Å². The van der Waals surface area contributed by atoms with E-state index < -0.39 is 5.97 Å². The van der Waals surface area contributed by atoms with E-state index in [0.717, 1.165) is 48.7 Å². The van der Waals surface area contributed by atoms with Gasteiger partial charge in [0, 0.05) is 37.8 Å². The average molecular weight is 447 g/mol. The molecule has 3 aliphatic rings. The number of nitrogens with zero attached hydrogens (tertiary/aromatic N) is 2. The van der Waals surface area contributed by atoms with Gasteiger partial charge in [-0.25, -0.2) is 0 Å². The van der Waals surface area contributed by atoms with Crippen LogP contribution in [0.4, 0.5) is 5.69 Å². The number of hydrogen-bond donors (Lipinski definition) is 3. The number of likely N-dealkylation sites (tertiary alicyclic amines) is 1. The van der Waals surface area contributed by atoms with E-state index in [-0.39, 0.29) is 24.2 Å². The third kappa shape index (κ3) is 4.58. The molecule has 2 aromatic carbocycles. The van der Waals surface area contributed by atoms with Crippen molar-refractivity contribution in [3.63, 3.8) is 0 Å². The standard InChI is InChI=1S/C26H30N4O3/c31-24(14-17-6-8-18(9-7-17)29-26-27-11-3-12-28-26)30-13-10-21-22(15-25(32)33)19-4-1-2-5-20(19)23(21)16-30/h1-2,4-9,21-23H,3,10-16H2,(H,32,33)(H2,27,28,29)/t21-,22+,23+/m1/s1. The van der Waals surface area contributed by atoms with Gasteiger partial charge in [0.05, 0.1) is 12.8 Å². The Bertz CT molecular complexity index is 1070. The third-order valence-corrected chi connectivity index (χ3v) is 7.19. The van der Waals surface area contributed by atoms with Crippen LogP contribution in [0.1, 0.15) is 47.8 Å². The van der Waals surface area contributed by atoms with Crippen LogP contribution in [0, 0.1) is 5.92 Å². The fourth-order valence-electron chi connectivity index (χ4n) is 5.62. The van der Waals surface area contributed by atoms with Gasteiger partial charge in [-0.2, -0.15) is 0 Å². The van der Waals surface area contributed by atoms with Gasteiger partial charge < -0.3 is 20.6 Å². The first-order valence-electron chi connectivity index (χ1n) is 11.8. The molecule has 7 heteroatoms. The Morgan fingerprint density at radius 1 is 1.12 bits per heavy atom. The Morgan fingerprint density at radius 2 is 1.91 bits per heavy atom. The lowest BCUT2D eigenvalue weighted by atomic mass is 9.80. The number of carbonyl (C=O) groups is 2. The highest BCUT2D eigenvalue weighted by atomic mass is 16.4. The monoisotopic (exact) mass is 446 g/mol. The predicted octanol–water partition coefficient (Wildman–Crippen LogP) is 3.19. The molecule has 0 unspecified atom stereocenters. The highest BCUT2D eigenvalue weighted by Gasteiger charge is 2.44. The maximum atomic E-state index is 13.1. The van der Waals surface area contributed by atoms with Crippen molar-refractivity contribution in [2.75, 3.05) is 31.5 Å². The van der Waals surface area contributed by atoms with Crippen LogP contribution in [0.5, 0.6) is 0 Å². The number of piperidine rings is 1. The van der Waals surface area contributed by atoms with Crippen molar-refractivity contribution >= 4 is 23.5 Å². The molecule has 0 spiro atoms. The zero-order valence-corrected chi connectivity index (χ0v) is 18.7. The zero-order chi connectivity index (χ0) is 22.8. The van der Waals surface area contributed by atoms with Crippen LogP contribution in [0.15, 0.2) is 53.5 Å². The maximum absolute atomic E-state index is 13.1. The minimum atomic E-state index is -0.752. The molecular formula is C26H30N4O3. The number of anilines is 1. The van der Waals surface area contributed by atoms with Crippen molar-refractivity contribution in [3.05, 3.63) is 65.2 Å². The SMILES string of the molecule is O=C(O)C[C@H]1c2ccccc2[C@@H]2CN(C(=O)Cc3ccc(NC4=NCCCN4)cc3)CC[C@H]12. The van der Waals surface area contributed by atoms with E-state index in [0.29, 0.717) is 25.4 Å². The van der Waals surface area contributed by atoms with Crippen LogP contribution in [-0.4, -0.2) is 54.0 Å². The van der Waals surface area contributed by atoms with Crippen LogP contribution in [0.25, 0.3) is 0 Å². The van der Waals surface area contributed by atoms with Gasteiger partial charge in [-0.1, -0.05) is 36.4 Å². The van der Waals surface area contributed by atoms with Gasteiger partial charge in [-0.3, -0.25) is 14.6 Å². The van der Waals surface area contributed by atoms with Gasteiger partial charge in [0.15, 0.2) is 5.96 Å². The van der Waals surface area contributed by atoms with Crippen LogP contribution < -0.4 is 10.6 Å². The van der Waals surface area contributed by atoms with E-state index >= 15 is 0 Å². The fraction of sp³-hybridized carbons (Fsp3) is 0.423. The molecule has 2 aromatic rings. The summed E-state index contributed by atoms with van der Waals surface area (Å²) in [5.74, 6) is 0.739. The van der Waals surface area contributed by atoms with E-state index in [9.17, 15) is 14.7 Å². The second-order valence-electron chi connectivity index (χ2n) is 9.24. The quantitative estimate of drug-likeness (QED) is 0.656. The minimum absolute atomic E-state index is 0.0456. The molecule has 1 aliphatic carbocycles. The normalized spacial score (nSPS) is 23.7. The van der Waals surface area contributed by atoms with Crippen LogP contribution >= 0.6 is 0 Å². The Balaban J connectivity index is 1.23. The Hall–Kier alpha value is -3.35. The molecular weight excluding hydrogens is 416 g/mol. The first kappa shape index (κ1) is 21.5. The lowest BCUT2D eigenvalue weighted by molar-refractivity contribution is -0.138. The predicted molar refractivity (Wildman–Crippen MR) is 128 cm³/mol. The topological polar surface area (TPSA) is 94.0 Å². The Labute approximate surface area is 193 Å². The number of carboxylic acid groups (broad SMARTS) is 1.